The summed E-state index contributed by atoms with van der Waals surface area (Å²) in [7, 11) is 1.57. The number of amides is 1. The Balaban J connectivity index is 0.000000487. The van der Waals surface area contributed by atoms with Crippen LogP contribution in [0.25, 0.3) is 0 Å². The summed E-state index contributed by atoms with van der Waals surface area (Å²) in [5.41, 5.74) is 5.57. The van der Waals surface area contributed by atoms with Gasteiger partial charge in [-0.2, -0.15) is 0 Å². The maximum absolute atomic E-state index is 10.8. The molecule has 6 heteroatoms. The van der Waals surface area contributed by atoms with E-state index in [2.05, 4.69) is 5.73 Å². The molecule has 0 atom stereocenters. The zero-order valence-electron chi connectivity index (χ0n) is 9.10. The van der Waals surface area contributed by atoms with E-state index in [-0.39, 0.29) is 10.8 Å². The molecule has 1 rings (SSSR count). The average molecular weight is 264 g/mol. The standard InChI is InChI=1S/C8H9ClO2S.C2H5NO/c1-2-7-3-5-8(6-4-7)12(9,10)11;1-2(3)4/h3-6H,2H2,1H3;1H3,(H2,3,4). The Hall–Kier alpha value is -1.07. The first-order valence-corrected chi connectivity index (χ1v) is 6.88. The van der Waals surface area contributed by atoms with Gasteiger partial charge >= 0.3 is 0 Å². The van der Waals surface area contributed by atoms with E-state index < -0.39 is 9.05 Å². The summed E-state index contributed by atoms with van der Waals surface area (Å²) in [4.78, 5) is 9.38. The lowest BCUT2D eigenvalue weighted by molar-refractivity contribution is -0.115. The van der Waals surface area contributed by atoms with Gasteiger partial charge in [-0.15, -0.1) is 0 Å². The lowest BCUT2D eigenvalue weighted by Crippen LogP contribution is -2.01. The monoisotopic (exact) mass is 263 g/mol. The lowest BCUT2D eigenvalue weighted by Gasteiger charge is -1.97. The van der Waals surface area contributed by atoms with Gasteiger partial charge < -0.3 is 5.73 Å². The molecule has 0 bridgehead atoms. The van der Waals surface area contributed by atoms with Gasteiger partial charge in [-0.3, -0.25) is 4.79 Å². The summed E-state index contributed by atoms with van der Waals surface area (Å²) in [5.74, 6) is -0.333. The van der Waals surface area contributed by atoms with Gasteiger partial charge in [0.1, 0.15) is 0 Å². The molecule has 1 aromatic carbocycles. The van der Waals surface area contributed by atoms with Gasteiger partial charge in [0.25, 0.3) is 9.05 Å². The molecule has 90 valence electrons. The van der Waals surface area contributed by atoms with Gasteiger partial charge in [0.15, 0.2) is 0 Å². The molecule has 0 fully saturated rings. The molecule has 0 unspecified atom stereocenters. The van der Waals surface area contributed by atoms with Crippen LogP contribution in [0.5, 0.6) is 0 Å². The highest BCUT2D eigenvalue weighted by Gasteiger charge is 2.07. The van der Waals surface area contributed by atoms with Crippen molar-refractivity contribution in [3.05, 3.63) is 29.8 Å². The predicted octanol–water partition coefficient (Wildman–Crippen LogP) is 1.67. The van der Waals surface area contributed by atoms with E-state index in [1.165, 1.54) is 19.1 Å². The number of halogens is 1. The van der Waals surface area contributed by atoms with Crippen LogP contribution in [-0.2, 0) is 20.3 Å². The van der Waals surface area contributed by atoms with Gasteiger partial charge in [-0.05, 0) is 24.1 Å². The van der Waals surface area contributed by atoms with Gasteiger partial charge in [0.2, 0.25) is 5.91 Å². The number of hydrogen-bond donors (Lipinski definition) is 1. The number of primary amides is 1. The Kier molecular flexibility index (Phi) is 6.06. The second kappa shape index (κ2) is 6.50. The molecule has 0 aromatic heterocycles. The van der Waals surface area contributed by atoms with Crippen molar-refractivity contribution in [2.24, 2.45) is 5.73 Å². The molecule has 0 aliphatic heterocycles. The molecular formula is C10H14ClNO3S. The number of benzene rings is 1. The quantitative estimate of drug-likeness (QED) is 0.825. The number of carbonyl (C=O) groups is 1. The fraction of sp³-hybridized carbons (Fsp3) is 0.300. The van der Waals surface area contributed by atoms with Gasteiger partial charge in [-0.25, -0.2) is 8.42 Å². The number of rotatable bonds is 2. The number of carbonyl (C=O) groups excluding carboxylic acids is 1. The van der Waals surface area contributed by atoms with Crippen LogP contribution in [0.3, 0.4) is 0 Å². The van der Waals surface area contributed by atoms with Crippen LogP contribution in [0.1, 0.15) is 19.4 Å². The molecule has 2 N–H and O–H groups in total. The maximum atomic E-state index is 10.8. The summed E-state index contributed by atoms with van der Waals surface area (Å²) in [6, 6.07) is 6.55. The van der Waals surface area contributed by atoms with Crippen LogP contribution in [0.4, 0.5) is 0 Å². The van der Waals surface area contributed by atoms with Gasteiger partial charge in [-0.1, -0.05) is 19.1 Å². The summed E-state index contributed by atoms with van der Waals surface area (Å²) in [6.45, 7) is 3.31. The summed E-state index contributed by atoms with van der Waals surface area (Å²) in [5, 5.41) is 0. The molecule has 0 aliphatic rings. The average Bonchev–Trinajstić information content (AvgIpc) is 2.16. The number of nitrogens with two attached hydrogens (primary N) is 1. The van der Waals surface area contributed by atoms with Crippen LogP contribution in [0.15, 0.2) is 29.2 Å². The van der Waals surface area contributed by atoms with Crippen LogP contribution in [0, 0.1) is 0 Å². The van der Waals surface area contributed by atoms with Crippen molar-refractivity contribution in [1.29, 1.82) is 0 Å². The van der Waals surface area contributed by atoms with Crippen LogP contribution in [0.2, 0.25) is 0 Å². The van der Waals surface area contributed by atoms with Crippen molar-refractivity contribution in [3.63, 3.8) is 0 Å². The highest BCUT2D eigenvalue weighted by Crippen LogP contribution is 2.15. The molecule has 1 aromatic rings. The van der Waals surface area contributed by atoms with E-state index in [9.17, 15) is 13.2 Å². The second-order valence-electron chi connectivity index (χ2n) is 3.05. The molecule has 0 radical (unpaired) electrons. The Bertz CT molecular complexity index is 436. The smallest absolute Gasteiger partial charge is 0.261 e. The highest BCUT2D eigenvalue weighted by atomic mass is 35.7. The lowest BCUT2D eigenvalue weighted by atomic mass is 10.2. The molecule has 0 saturated heterocycles. The van der Waals surface area contributed by atoms with Crippen molar-refractivity contribution in [2.45, 2.75) is 25.2 Å². The third-order valence-corrected chi connectivity index (χ3v) is 2.98. The normalized spacial score (nSPS) is 10.2. The predicted molar refractivity (Wildman–Crippen MR) is 63.7 cm³/mol. The zero-order chi connectivity index (χ0) is 12.8. The van der Waals surface area contributed by atoms with E-state index in [4.69, 9.17) is 10.7 Å². The Morgan fingerprint density at radius 2 is 1.69 bits per heavy atom. The zero-order valence-corrected chi connectivity index (χ0v) is 10.7. The minimum atomic E-state index is -3.56. The Labute approximate surface area is 99.8 Å². The second-order valence-corrected chi connectivity index (χ2v) is 5.61. The molecule has 0 heterocycles. The third-order valence-electron chi connectivity index (χ3n) is 1.61. The summed E-state index contributed by atoms with van der Waals surface area (Å²) in [6.07, 6.45) is 0.891. The SMILES string of the molecule is CC(N)=O.CCc1ccc(S(=O)(=O)Cl)cc1. The van der Waals surface area contributed by atoms with Crippen molar-refractivity contribution in [2.75, 3.05) is 0 Å². The Morgan fingerprint density at radius 1 is 1.31 bits per heavy atom. The van der Waals surface area contributed by atoms with E-state index in [0.717, 1.165) is 12.0 Å². The summed E-state index contributed by atoms with van der Waals surface area (Å²) >= 11 is 0. The first-order chi connectivity index (χ1) is 7.27. The van der Waals surface area contributed by atoms with E-state index in [0.29, 0.717) is 0 Å². The molecule has 4 nitrogen and oxygen atoms in total. The van der Waals surface area contributed by atoms with Crippen molar-refractivity contribution >= 4 is 25.6 Å². The molecule has 16 heavy (non-hydrogen) atoms. The van der Waals surface area contributed by atoms with Crippen molar-refractivity contribution in [3.8, 4) is 0 Å². The topological polar surface area (TPSA) is 77.2 Å². The number of hydrogen-bond acceptors (Lipinski definition) is 3. The Morgan fingerprint density at radius 3 is 1.94 bits per heavy atom. The fourth-order valence-corrected chi connectivity index (χ4v) is 1.66. The first kappa shape index (κ1) is 14.9. The van der Waals surface area contributed by atoms with Gasteiger partial charge in [0, 0.05) is 17.6 Å². The van der Waals surface area contributed by atoms with Crippen LogP contribution >= 0.6 is 10.7 Å². The summed E-state index contributed by atoms with van der Waals surface area (Å²) < 4.78 is 21.6. The molecular weight excluding hydrogens is 250 g/mol. The maximum Gasteiger partial charge on any atom is 0.261 e. The third kappa shape index (κ3) is 6.42. The van der Waals surface area contributed by atoms with Crippen LogP contribution in [-0.4, -0.2) is 14.3 Å². The molecule has 0 saturated carbocycles. The van der Waals surface area contributed by atoms with E-state index in [1.807, 2.05) is 6.92 Å². The fourth-order valence-electron chi connectivity index (χ4n) is 0.888. The van der Waals surface area contributed by atoms with E-state index >= 15 is 0 Å². The first-order valence-electron chi connectivity index (χ1n) is 4.57. The molecule has 1 amide bonds. The minimum Gasteiger partial charge on any atom is -0.370 e. The van der Waals surface area contributed by atoms with Gasteiger partial charge in [0.05, 0.1) is 4.90 Å². The molecule has 0 spiro atoms. The van der Waals surface area contributed by atoms with Crippen LogP contribution < -0.4 is 5.73 Å². The van der Waals surface area contributed by atoms with E-state index in [1.54, 1.807) is 12.1 Å². The highest BCUT2D eigenvalue weighted by molar-refractivity contribution is 8.13. The van der Waals surface area contributed by atoms with Crippen molar-refractivity contribution in [1.82, 2.24) is 0 Å². The van der Waals surface area contributed by atoms with Crippen molar-refractivity contribution < 1.29 is 13.2 Å². The molecule has 0 aliphatic carbocycles. The minimum absolute atomic E-state index is 0.154. The number of aryl methyl sites for hydroxylation is 1. The largest absolute Gasteiger partial charge is 0.370 e.